The van der Waals surface area contributed by atoms with Crippen molar-refractivity contribution >= 4 is 11.9 Å². The van der Waals surface area contributed by atoms with Gasteiger partial charge in [-0.1, -0.05) is 0 Å². The van der Waals surface area contributed by atoms with Gasteiger partial charge in [-0.2, -0.15) is 0 Å². The van der Waals surface area contributed by atoms with E-state index in [1.165, 1.54) is 13.2 Å². The van der Waals surface area contributed by atoms with Crippen LogP contribution in [0, 0.1) is 0 Å². The minimum Gasteiger partial charge on any atom is -0.437 e. The van der Waals surface area contributed by atoms with E-state index in [2.05, 4.69) is 9.47 Å². The summed E-state index contributed by atoms with van der Waals surface area (Å²) in [7, 11) is 1.19. The Morgan fingerprint density at radius 3 is 2.92 bits per heavy atom. The lowest BCUT2D eigenvalue weighted by atomic mass is 10.3. The fraction of sp³-hybridized carbons (Fsp3) is 0.429. The Labute approximate surface area is 68.9 Å². The predicted octanol–water partition coefficient (Wildman–Crippen LogP) is 0.253. The number of ether oxygens (including phenoxy) is 3. The zero-order valence-corrected chi connectivity index (χ0v) is 6.53. The number of ketones is 1. The quantitative estimate of drug-likeness (QED) is 0.530. The molecule has 0 amide bonds. The summed E-state index contributed by atoms with van der Waals surface area (Å²) in [6.45, 7) is 0.162. The molecule has 0 saturated carbocycles. The summed E-state index contributed by atoms with van der Waals surface area (Å²) in [6.07, 6.45) is 0.375. The first-order valence-electron chi connectivity index (χ1n) is 3.29. The zero-order chi connectivity index (χ0) is 8.97. The van der Waals surface area contributed by atoms with Crippen LogP contribution in [0.25, 0.3) is 0 Å². The number of hydrogen-bond donors (Lipinski definition) is 0. The standard InChI is InChI=1S/C7H8O5/c1-10-7(9)12-6-2-5(8)3-11-4-6/h2H,3-4H2,1H3. The smallest absolute Gasteiger partial charge is 0.437 e. The van der Waals surface area contributed by atoms with Crippen LogP contribution in [-0.2, 0) is 19.0 Å². The molecule has 0 aliphatic carbocycles. The number of rotatable bonds is 1. The first-order valence-corrected chi connectivity index (χ1v) is 3.29. The molecule has 1 aliphatic rings. The second-order valence-electron chi connectivity index (χ2n) is 2.13. The Kier molecular flexibility index (Phi) is 2.82. The Morgan fingerprint density at radius 1 is 1.58 bits per heavy atom. The van der Waals surface area contributed by atoms with Crippen LogP contribution in [-0.4, -0.2) is 32.3 Å². The van der Waals surface area contributed by atoms with Crippen LogP contribution in [0.3, 0.4) is 0 Å². The number of hydrogen-bond acceptors (Lipinski definition) is 5. The highest BCUT2D eigenvalue weighted by molar-refractivity contribution is 5.92. The molecular weight excluding hydrogens is 164 g/mol. The van der Waals surface area contributed by atoms with Crippen molar-refractivity contribution in [3.63, 3.8) is 0 Å². The van der Waals surface area contributed by atoms with Gasteiger partial charge in [-0.3, -0.25) is 4.79 Å². The van der Waals surface area contributed by atoms with Gasteiger partial charge in [-0.05, 0) is 0 Å². The Bertz CT molecular complexity index is 230. The van der Waals surface area contributed by atoms with Gasteiger partial charge in [0.2, 0.25) is 0 Å². The fourth-order valence-electron chi connectivity index (χ4n) is 0.723. The molecule has 5 heteroatoms. The van der Waals surface area contributed by atoms with E-state index in [-0.39, 0.29) is 24.8 Å². The van der Waals surface area contributed by atoms with E-state index in [1.54, 1.807) is 0 Å². The summed E-state index contributed by atoms with van der Waals surface area (Å²) in [5.74, 6) is -0.0433. The summed E-state index contributed by atoms with van der Waals surface area (Å²) in [5, 5.41) is 0. The van der Waals surface area contributed by atoms with E-state index in [4.69, 9.17) is 4.74 Å². The van der Waals surface area contributed by atoms with Crippen molar-refractivity contribution in [1.29, 1.82) is 0 Å². The molecule has 5 nitrogen and oxygen atoms in total. The van der Waals surface area contributed by atoms with Crippen molar-refractivity contribution < 1.29 is 23.8 Å². The normalized spacial score (nSPS) is 16.8. The molecule has 0 unspecified atom stereocenters. The minimum atomic E-state index is -0.848. The predicted molar refractivity (Wildman–Crippen MR) is 37.4 cm³/mol. The zero-order valence-electron chi connectivity index (χ0n) is 6.53. The number of carbonyl (C=O) groups is 2. The molecular formula is C7H8O5. The molecule has 0 aromatic rings. The van der Waals surface area contributed by atoms with Gasteiger partial charge in [0.15, 0.2) is 5.78 Å². The average molecular weight is 172 g/mol. The molecule has 0 bridgehead atoms. The Balaban J connectivity index is 2.51. The Hall–Kier alpha value is -1.36. The van der Waals surface area contributed by atoms with Gasteiger partial charge in [0.1, 0.15) is 19.0 Å². The van der Waals surface area contributed by atoms with Gasteiger partial charge in [0, 0.05) is 6.08 Å². The van der Waals surface area contributed by atoms with E-state index in [1.807, 2.05) is 0 Å². The largest absolute Gasteiger partial charge is 0.513 e. The van der Waals surface area contributed by atoms with Crippen LogP contribution in [0.1, 0.15) is 0 Å². The highest BCUT2D eigenvalue weighted by Crippen LogP contribution is 2.05. The summed E-state index contributed by atoms with van der Waals surface area (Å²) in [5.41, 5.74) is 0. The number of carbonyl (C=O) groups excluding carboxylic acids is 2. The van der Waals surface area contributed by atoms with Gasteiger partial charge < -0.3 is 14.2 Å². The van der Waals surface area contributed by atoms with Crippen molar-refractivity contribution in [3.05, 3.63) is 11.8 Å². The molecule has 0 aromatic carbocycles. The van der Waals surface area contributed by atoms with Crippen LogP contribution in [0.5, 0.6) is 0 Å². The first kappa shape index (κ1) is 8.73. The maximum Gasteiger partial charge on any atom is 0.513 e. The molecule has 0 saturated heterocycles. The summed E-state index contributed by atoms with van der Waals surface area (Å²) < 4.78 is 13.6. The van der Waals surface area contributed by atoms with E-state index in [0.29, 0.717) is 0 Å². The van der Waals surface area contributed by atoms with E-state index >= 15 is 0 Å². The summed E-state index contributed by atoms with van der Waals surface area (Å²) in [4.78, 5) is 21.2. The lowest BCUT2D eigenvalue weighted by molar-refractivity contribution is -0.120. The van der Waals surface area contributed by atoms with Crippen molar-refractivity contribution in [2.75, 3.05) is 20.3 Å². The topological polar surface area (TPSA) is 61.8 Å². The molecule has 1 rings (SSSR count). The molecule has 1 aliphatic heterocycles. The van der Waals surface area contributed by atoms with Gasteiger partial charge in [-0.25, -0.2) is 4.79 Å². The summed E-state index contributed by atoms with van der Waals surface area (Å²) in [6, 6.07) is 0. The second kappa shape index (κ2) is 3.87. The van der Waals surface area contributed by atoms with Crippen LogP contribution in [0.15, 0.2) is 11.8 Å². The van der Waals surface area contributed by atoms with Crippen molar-refractivity contribution in [2.24, 2.45) is 0 Å². The van der Waals surface area contributed by atoms with Crippen LogP contribution in [0.4, 0.5) is 4.79 Å². The minimum absolute atomic E-state index is 0.0357. The highest BCUT2D eigenvalue weighted by atomic mass is 16.7. The van der Waals surface area contributed by atoms with Gasteiger partial charge in [0.25, 0.3) is 0 Å². The molecule has 0 N–H and O–H groups in total. The molecule has 0 spiro atoms. The average Bonchev–Trinajstić information content (AvgIpc) is 2.04. The third kappa shape index (κ3) is 2.35. The van der Waals surface area contributed by atoms with E-state index < -0.39 is 6.16 Å². The number of methoxy groups -OCH3 is 1. The fourth-order valence-corrected chi connectivity index (χ4v) is 0.723. The molecule has 66 valence electrons. The lowest BCUT2D eigenvalue weighted by Crippen LogP contribution is -2.18. The monoisotopic (exact) mass is 172 g/mol. The van der Waals surface area contributed by atoms with E-state index in [9.17, 15) is 9.59 Å². The van der Waals surface area contributed by atoms with Gasteiger partial charge in [0.05, 0.1) is 7.11 Å². The van der Waals surface area contributed by atoms with E-state index in [0.717, 1.165) is 0 Å². The molecule has 0 atom stereocenters. The first-order chi connectivity index (χ1) is 5.72. The van der Waals surface area contributed by atoms with Crippen LogP contribution >= 0.6 is 0 Å². The van der Waals surface area contributed by atoms with Crippen molar-refractivity contribution in [1.82, 2.24) is 0 Å². The molecule has 12 heavy (non-hydrogen) atoms. The lowest BCUT2D eigenvalue weighted by Gasteiger charge is -2.11. The maximum atomic E-state index is 10.7. The SMILES string of the molecule is COC(=O)OC1=CC(=O)COC1. The van der Waals surface area contributed by atoms with Crippen molar-refractivity contribution in [3.8, 4) is 0 Å². The Morgan fingerprint density at radius 2 is 2.33 bits per heavy atom. The van der Waals surface area contributed by atoms with Crippen LogP contribution < -0.4 is 0 Å². The van der Waals surface area contributed by atoms with Crippen LogP contribution in [0.2, 0.25) is 0 Å². The third-order valence-corrected chi connectivity index (χ3v) is 1.19. The van der Waals surface area contributed by atoms with Gasteiger partial charge in [-0.15, -0.1) is 0 Å². The second-order valence-corrected chi connectivity index (χ2v) is 2.13. The molecule has 1 heterocycles. The molecule has 0 aromatic heterocycles. The van der Waals surface area contributed by atoms with Crippen molar-refractivity contribution in [2.45, 2.75) is 0 Å². The highest BCUT2D eigenvalue weighted by Gasteiger charge is 2.14. The van der Waals surface area contributed by atoms with Gasteiger partial charge >= 0.3 is 6.16 Å². The summed E-state index contributed by atoms with van der Waals surface area (Å²) >= 11 is 0. The molecule has 0 radical (unpaired) electrons. The molecule has 0 fully saturated rings. The maximum absolute atomic E-state index is 10.7. The third-order valence-electron chi connectivity index (χ3n) is 1.19.